The predicted octanol–water partition coefficient (Wildman–Crippen LogP) is 1.95. The standard InChI is InChI=1S/C9H16O/c10-9-6-2-4-7-3-1-5-8(7)9/h7-10H,1-6H2/t7-,8-,9+/m1/s1. The molecule has 3 atom stereocenters. The maximum Gasteiger partial charge on any atom is 0.0571 e. The maximum absolute atomic E-state index is 9.58. The minimum absolute atomic E-state index is 0.0567. The zero-order chi connectivity index (χ0) is 6.97. The van der Waals surface area contributed by atoms with Crippen LogP contribution in [0.4, 0.5) is 0 Å². The van der Waals surface area contributed by atoms with E-state index in [1.807, 2.05) is 0 Å². The van der Waals surface area contributed by atoms with Gasteiger partial charge in [-0.1, -0.05) is 19.3 Å². The monoisotopic (exact) mass is 140 g/mol. The molecule has 2 aliphatic carbocycles. The molecule has 1 heteroatoms. The summed E-state index contributed by atoms with van der Waals surface area (Å²) >= 11 is 0. The van der Waals surface area contributed by atoms with Gasteiger partial charge in [0.05, 0.1) is 6.10 Å². The summed E-state index contributed by atoms with van der Waals surface area (Å²) in [5.74, 6) is 1.58. The highest BCUT2D eigenvalue weighted by molar-refractivity contribution is 4.86. The van der Waals surface area contributed by atoms with Crippen LogP contribution in [-0.2, 0) is 0 Å². The van der Waals surface area contributed by atoms with Gasteiger partial charge in [-0.25, -0.2) is 0 Å². The van der Waals surface area contributed by atoms with E-state index in [-0.39, 0.29) is 6.10 Å². The smallest absolute Gasteiger partial charge is 0.0571 e. The Morgan fingerprint density at radius 1 is 0.900 bits per heavy atom. The molecule has 0 radical (unpaired) electrons. The molecule has 2 saturated carbocycles. The van der Waals surface area contributed by atoms with E-state index >= 15 is 0 Å². The van der Waals surface area contributed by atoms with Crippen LogP contribution in [-0.4, -0.2) is 11.2 Å². The lowest BCUT2D eigenvalue weighted by atomic mass is 9.80. The molecular formula is C9H16O. The first-order valence-electron chi connectivity index (χ1n) is 4.56. The van der Waals surface area contributed by atoms with Crippen molar-refractivity contribution in [2.24, 2.45) is 11.8 Å². The van der Waals surface area contributed by atoms with Crippen LogP contribution in [0.5, 0.6) is 0 Å². The summed E-state index contributed by atoms with van der Waals surface area (Å²) in [5, 5.41) is 9.58. The van der Waals surface area contributed by atoms with Gasteiger partial charge in [0.15, 0.2) is 0 Å². The lowest BCUT2D eigenvalue weighted by Crippen LogP contribution is -2.28. The van der Waals surface area contributed by atoms with Crippen molar-refractivity contribution in [1.29, 1.82) is 0 Å². The van der Waals surface area contributed by atoms with Crippen molar-refractivity contribution >= 4 is 0 Å². The zero-order valence-corrected chi connectivity index (χ0v) is 6.42. The highest BCUT2D eigenvalue weighted by atomic mass is 16.3. The van der Waals surface area contributed by atoms with Gasteiger partial charge in [-0.15, -0.1) is 0 Å². The summed E-state index contributed by atoms with van der Waals surface area (Å²) in [5.41, 5.74) is 0. The predicted molar refractivity (Wildman–Crippen MR) is 40.7 cm³/mol. The molecule has 2 rings (SSSR count). The average molecular weight is 140 g/mol. The van der Waals surface area contributed by atoms with Gasteiger partial charge in [-0.2, -0.15) is 0 Å². The zero-order valence-electron chi connectivity index (χ0n) is 6.42. The van der Waals surface area contributed by atoms with Crippen LogP contribution in [0, 0.1) is 11.8 Å². The van der Waals surface area contributed by atoms with Gasteiger partial charge in [0.1, 0.15) is 0 Å². The topological polar surface area (TPSA) is 20.2 Å². The number of hydrogen-bond donors (Lipinski definition) is 1. The van der Waals surface area contributed by atoms with Crippen LogP contribution < -0.4 is 0 Å². The molecule has 0 aliphatic heterocycles. The molecule has 0 aromatic heterocycles. The summed E-state index contributed by atoms with van der Waals surface area (Å²) in [6.45, 7) is 0. The first kappa shape index (κ1) is 6.66. The molecule has 58 valence electrons. The van der Waals surface area contributed by atoms with E-state index in [0.717, 1.165) is 12.3 Å². The second-order valence-corrected chi connectivity index (χ2v) is 3.85. The summed E-state index contributed by atoms with van der Waals surface area (Å²) in [6.07, 6.45) is 7.84. The molecule has 1 N–H and O–H groups in total. The second kappa shape index (κ2) is 2.54. The molecule has 0 amide bonds. The van der Waals surface area contributed by atoms with E-state index in [0.29, 0.717) is 5.92 Å². The Balaban J connectivity index is 2.03. The fourth-order valence-electron chi connectivity index (χ4n) is 2.73. The second-order valence-electron chi connectivity index (χ2n) is 3.85. The van der Waals surface area contributed by atoms with Crippen molar-refractivity contribution < 1.29 is 5.11 Å². The van der Waals surface area contributed by atoms with Crippen molar-refractivity contribution in [3.8, 4) is 0 Å². The molecule has 2 fully saturated rings. The Labute approximate surface area is 62.4 Å². The molecule has 1 nitrogen and oxygen atoms in total. The van der Waals surface area contributed by atoms with Gasteiger partial charge in [-0.3, -0.25) is 0 Å². The Hall–Kier alpha value is -0.0400. The van der Waals surface area contributed by atoms with E-state index in [1.54, 1.807) is 0 Å². The van der Waals surface area contributed by atoms with Crippen molar-refractivity contribution in [2.45, 2.75) is 44.6 Å². The van der Waals surface area contributed by atoms with E-state index < -0.39 is 0 Å². The SMILES string of the molecule is O[C@H]1CCC[C@H]2CCC[C@H]21. The Morgan fingerprint density at radius 3 is 2.30 bits per heavy atom. The lowest BCUT2D eigenvalue weighted by Gasteiger charge is -2.29. The van der Waals surface area contributed by atoms with E-state index in [1.165, 1.54) is 32.1 Å². The van der Waals surface area contributed by atoms with Gasteiger partial charge in [-0.05, 0) is 31.1 Å². The van der Waals surface area contributed by atoms with Crippen LogP contribution in [0.2, 0.25) is 0 Å². The van der Waals surface area contributed by atoms with Crippen LogP contribution >= 0.6 is 0 Å². The van der Waals surface area contributed by atoms with Crippen molar-refractivity contribution in [2.75, 3.05) is 0 Å². The number of rotatable bonds is 0. The minimum atomic E-state index is 0.0567. The van der Waals surface area contributed by atoms with Gasteiger partial charge in [0.2, 0.25) is 0 Å². The van der Waals surface area contributed by atoms with Crippen LogP contribution in [0.25, 0.3) is 0 Å². The lowest BCUT2D eigenvalue weighted by molar-refractivity contribution is 0.0477. The Morgan fingerprint density at radius 2 is 1.60 bits per heavy atom. The van der Waals surface area contributed by atoms with E-state index in [2.05, 4.69) is 0 Å². The minimum Gasteiger partial charge on any atom is -0.393 e. The van der Waals surface area contributed by atoms with Gasteiger partial charge >= 0.3 is 0 Å². The van der Waals surface area contributed by atoms with Crippen molar-refractivity contribution in [1.82, 2.24) is 0 Å². The first-order valence-corrected chi connectivity index (χ1v) is 4.56. The van der Waals surface area contributed by atoms with Gasteiger partial charge < -0.3 is 5.11 Å². The summed E-state index contributed by atoms with van der Waals surface area (Å²) < 4.78 is 0. The summed E-state index contributed by atoms with van der Waals surface area (Å²) in [7, 11) is 0. The van der Waals surface area contributed by atoms with Crippen LogP contribution in [0.1, 0.15) is 38.5 Å². The third-order valence-electron chi connectivity index (χ3n) is 3.29. The van der Waals surface area contributed by atoms with Gasteiger partial charge in [0, 0.05) is 0 Å². The molecule has 0 heterocycles. The number of fused-ring (bicyclic) bond motifs is 1. The molecule has 0 aromatic rings. The van der Waals surface area contributed by atoms with Crippen LogP contribution in [0.3, 0.4) is 0 Å². The third kappa shape index (κ3) is 0.968. The third-order valence-corrected chi connectivity index (χ3v) is 3.29. The van der Waals surface area contributed by atoms with Crippen molar-refractivity contribution in [3.63, 3.8) is 0 Å². The quantitative estimate of drug-likeness (QED) is 0.545. The summed E-state index contributed by atoms with van der Waals surface area (Å²) in [4.78, 5) is 0. The molecule has 0 saturated heterocycles. The number of aliphatic hydroxyl groups is 1. The highest BCUT2D eigenvalue weighted by Crippen LogP contribution is 2.41. The fraction of sp³-hybridized carbons (Fsp3) is 1.00. The normalized spacial score (nSPS) is 47.1. The van der Waals surface area contributed by atoms with E-state index in [9.17, 15) is 5.11 Å². The largest absolute Gasteiger partial charge is 0.393 e. The Kier molecular flexibility index (Phi) is 1.69. The summed E-state index contributed by atoms with van der Waals surface area (Å²) in [6, 6.07) is 0. The molecule has 10 heavy (non-hydrogen) atoms. The number of hydrogen-bond acceptors (Lipinski definition) is 1. The molecular weight excluding hydrogens is 124 g/mol. The van der Waals surface area contributed by atoms with Gasteiger partial charge in [0.25, 0.3) is 0 Å². The highest BCUT2D eigenvalue weighted by Gasteiger charge is 2.35. The van der Waals surface area contributed by atoms with E-state index in [4.69, 9.17) is 0 Å². The maximum atomic E-state index is 9.58. The average Bonchev–Trinajstić information content (AvgIpc) is 2.36. The van der Waals surface area contributed by atoms with Crippen molar-refractivity contribution in [3.05, 3.63) is 0 Å². The fourth-order valence-corrected chi connectivity index (χ4v) is 2.73. The Bertz CT molecular complexity index is 122. The molecule has 0 bridgehead atoms. The van der Waals surface area contributed by atoms with Crippen LogP contribution in [0.15, 0.2) is 0 Å². The first-order chi connectivity index (χ1) is 4.88. The molecule has 0 aromatic carbocycles. The number of aliphatic hydroxyl groups excluding tert-OH is 1. The molecule has 0 unspecified atom stereocenters. The molecule has 0 spiro atoms. The molecule has 2 aliphatic rings.